The number of hydrogen-bond donors (Lipinski definition) is 2. The van der Waals surface area contributed by atoms with Crippen LogP contribution in [0.5, 0.6) is 0 Å². The number of nitrogens with zero attached hydrogens (tertiary/aromatic N) is 3. The highest BCUT2D eigenvalue weighted by Crippen LogP contribution is 2.34. The molecular weight excluding hydrogens is 358 g/mol. The molecule has 0 aliphatic carbocycles. The van der Waals surface area contributed by atoms with Gasteiger partial charge in [-0.2, -0.15) is 5.10 Å². The van der Waals surface area contributed by atoms with E-state index in [9.17, 15) is 0 Å². The van der Waals surface area contributed by atoms with E-state index in [4.69, 9.17) is 22.3 Å². The lowest BCUT2D eigenvalue weighted by atomic mass is 10.0. The van der Waals surface area contributed by atoms with Crippen molar-refractivity contribution in [1.82, 2.24) is 20.2 Å². The third-order valence-electron chi connectivity index (χ3n) is 4.25. The predicted molar refractivity (Wildman–Crippen MR) is 109 cm³/mol. The van der Waals surface area contributed by atoms with Gasteiger partial charge in [-0.3, -0.25) is 5.10 Å². The standard InChI is InChI=1S/C21H16ClN5/c1-2-3-9-17-21(23)26-19(13-7-5-4-6-8-13)20(25-17)14-10-15-12-24-27-18(15)16(22)11-14/h4-8,10-12H,9H2,1H3,(H2,23,26)(H,24,27). The Balaban J connectivity index is 1.98. The zero-order valence-electron chi connectivity index (χ0n) is 14.6. The van der Waals surface area contributed by atoms with E-state index in [1.165, 1.54) is 0 Å². The number of anilines is 1. The summed E-state index contributed by atoms with van der Waals surface area (Å²) in [4.78, 5) is 9.46. The highest BCUT2D eigenvalue weighted by molar-refractivity contribution is 6.35. The van der Waals surface area contributed by atoms with Gasteiger partial charge in [0.25, 0.3) is 0 Å². The van der Waals surface area contributed by atoms with Gasteiger partial charge in [-0.25, -0.2) is 9.97 Å². The first-order chi connectivity index (χ1) is 13.2. The van der Waals surface area contributed by atoms with Crippen molar-refractivity contribution in [3.05, 3.63) is 59.4 Å². The third-order valence-corrected chi connectivity index (χ3v) is 4.55. The van der Waals surface area contributed by atoms with E-state index in [2.05, 4.69) is 27.0 Å². The molecule has 0 radical (unpaired) electrons. The SMILES string of the molecule is CC#CCc1nc(-c2cc(Cl)c3[nH]ncc3c2)c(-c2ccccc2)nc1N. The van der Waals surface area contributed by atoms with Gasteiger partial charge in [-0.1, -0.05) is 47.9 Å². The molecule has 0 fully saturated rings. The molecule has 27 heavy (non-hydrogen) atoms. The molecule has 2 heterocycles. The van der Waals surface area contributed by atoms with Crippen molar-refractivity contribution in [1.29, 1.82) is 0 Å². The molecule has 2 aromatic carbocycles. The summed E-state index contributed by atoms with van der Waals surface area (Å²) in [5.74, 6) is 6.26. The Kier molecular flexibility index (Phi) is 4.49. The summed E-state index contributed by atoms with van der Waals surface area (Å²) >= 11 is 6.44. The number of halogens is 1. The maximum absolute atomic E-state index is 6.44. The lowest BCUT2D eigenvalue weighted by Crippen LogP contribution is -2.05. The maximum Gasteiger partial charge on any atom is 0.146 e. The molecule has 132 valence electrons. The van der Waals surface area contributed by atoms with Crippen molar-refractivity contribution in [2.45, 2.75) is 13.3 Å². The maximum atomic E-state index is 6.44. The third kappa shape index (κ3) is 3.23. The molecule has 0 unspecified atom stereocenters. The number of hydrogen-bond acceptors (Lipinski definition) is 4. The van der Waals surface area contributed by atoms with Crippen LogP contribution in [0.4, 0.5) is 5.82 Å². The van der Waals surface area contributed by atoms with Crippen LogP contribution in [-0.2, 0) is 6.42 Å². The van der Waals surface area contributed by atoms with E-state index in [1.807, 2.05) is 42.5 Å². The molecule has 4 rings (SSSR count). The van der Waals surface area contributed by atoms with E-state index in [0.29, 0.717) is 34.3 Å². The highest BCUT2D eigenvalue weighted by Gasteiger charge is 2.17. The van der Waals surface area contributed by atoms with Crippen LogP contribution in [-0.4, -0.2) is 20.2 Å². The average molecular weight is 374 g/mol. The van der Waals surface area contributed by atoms with E-state index < -0.39 is 0 Å². The Morgan fingerprint density at radius 1 is 1.07 bits per heavy atom. The van der Waals surface area contributed by atoms with Gasteiger partial charge in [0.15, 0.2) is 0 Å². The number of benzene rings is 2. The Morgan fingerprint density at radius 3 is 2.63 bits per heavy atom. The Labute approximate surface area is 161 Å². The van der Waals surface area contributed by atoms with E-state index in [0.717, 1.165) is 22.0 Å². The van der Waals surface area contributed by atoms with Crippen LogP contribution in [0.15, 0.2) is 48.7 Å². The monoisotopic (exact) mass is 373 g/mol. The molecule has 4 aromatic rings. The van der Waals surface area contributed by atoms with Crippen molar-refractivity contribution >= 4 is 28.3 Å². The molecule has 2 aromatic heterocycles. The van der Waals surface area contributed by atoms with Gasteiger partial charge in [-0.05, 0) is 19.1 Å². The summed E-state index contributed by atoms with van der Waals surface area (Å²) < 4.78 is 0. The summed E-state index contributed by atoms with van der Waals surface area (Å²) in [6.07, 6.45) is 2.18. The minimum Gasteiger partial charge on any atom is -0.382 e. The van der Waals surface area contributed by atoms with Gasteiger partial charge in [-0.15, -0.1) is 5.92 Å². The topological polar surface area (TPSA) is 80.5 Å². The number of nitrogens with one attached hydrogen (secondary N) is 1. The van der Waals surface area contributed by atoms with Crippen LogP contribution in [0.2, 0.25) is 5.02 Å². The lowest BCUT2D eigenvalue weighted by Gasteiger charge is -2.12. The first-order valence-corrected chi connectivity index (χ1v) is 8.79. The van der Waals surface area contributed by atoms with Crippen molar-refractivity contribution in [2.75, 3.05) is 5.73 Å². The average Bonchev–Trinajstić information content (AvgIpc) is 3.17. The van der Waals surface area contributed by atoms with Gasteiger partial charge >= 0.3 is 0 Å². The largest absolute Gasteiger partial charge is 0.382 e. The number of nitrogen functional groups attached to an aromatic ring is 1. The van der Waals surface area contributed by atoms with Gasteiger partial charge in [0.1, 0.15) is 5.82 Å². The first kappa shape index (κ1) is 17.1. The molecule has 0 atom stereocenters. The lowest BCUT2D eigenvalue weighted by molar-refractivity contribution is 1.09. The second kappa shape index (κ2) is 7.10. The fraction of sp³-hybridized carbons (Fsp3) is 0.0952. The minimum atomic E-state index is 0.385. The fourth-order valence-corrected chi connectivity index (χ4v) is 3.20. The number of aromatic amines is 1. The zero-order chi connectivity index (χ0) is 18.8. The summed E-state index contributed by atoms with van der Waals surface area (Å²) in [6.45, 7) is 1.79. The normalized spacial score (nSPS) is 10.6. The Morgan fingerprint density at radius 2 is 1.85 bits per heavy atom. The quantitative estimate of drug-likeness (QED) is 0.518. The van der Waals surface area contributed by atoms with Crippen molar-refractivity contribution < 1.29 is 0 Å². The summed E-state index contributed by atoms with van der Waals surface area (Å²) in [7, 11) is 0. The molecular formula is C21H16ClN5. The molecule has 0 aliphatic rings. The second-order valence-electron chi connectivity index (χ2n) is 6.01. The van der Waals surface area contributed by atoms with Crippen molar-refractivity contribution in [3.8, 4) is 34.4 Å². The molecule has 0 aliphatic heterocycles. The van der Waals surface area contributed by atoms with Crippen LogP contribution in [0.1, 0.15) is 12.6 Å². The first-order valence-electron chi connectivity index (χ1n) is 8.42. The summed E-state index contributed by atoms with van der Waals surface area (Å²) in [5, 5.41) is 8.45. The van der Waals surface area contributed by atoms with Crippen LogP contribution < -0.4 is 5.73 Å². The molecule has 3 N–H and O–H groups in total. The molecule has 6 heteroatoms. The van der Waals surface area contributed by atoms with Gasteiger partial charge in [0.2, 0.25) is 0 Å². The number of aromatic nitrogens is 4. The molecule has 5 nitrogen and oxygen atoms in total. The van der Waals surface area contributed by atoms with E-state index in [1.54, 1.807) is 13.1 Å². The highest BCUT2D eigenvalue weighted by atomic mass is 35.5. The zero-order valence-corrected chi connectivity index (χ0v) is 15.4. The smallest absolute Gasteiger partial charge is 0.146 e. The van der Waals surface area contributed by atoms with Crippen LogP contribution >= 0.6 is 11.6 Å². The molecule has 0 bridgehead atoms. The summed E-state index contributed by atoms with van der Waals surface area (Å²) in [6, 6.07) is 13.7. The van der Waals surface area contributed by atoms with E-state index >= 15 is 0 Å². The second-order valence-corrected chi connectivity index (χ2v) is 6.42. The number of fused-ring (bicyclic) bond motifs is 1. The van der Waals surface area contributed by atoms with Gasteiger partial charge in [0, 0.05) is 16.5 Å². The minimum absolute atomic E-state index is 0.385. The van der Waals surface area contributed by atoms with Crippen LogP contribution in [0.25, 0.3) is 33.4 Å². The summed E-state index contributed by atoms with van der Waals surface area (Å²) in [5.41, 5.74) is 10.8. The molecule has 0 amide bonds. The molecule has 0 spiro atoms. The molecule has 0 saturated heterocycles. The van der Waals surface area contributed by atoms with Crippen molar-refractivity contribution in [2.24, 2.45) is 0 Å². The predicted octanol–water partition coefficient (Wildman–Crippen LogP) is 4.49. The molecule has 0 saturated carbocycles. The van der Waals surface area contributed by atoms with Gasteiger partial charge in [0.05, 0.1) is 40.2 Å². The van der Waals surface area contributed by atoms with Crippen molar-refractivity contribution in [3.63, 3.8) is 0 Å². The number of nitrogens with two attached hydrogens (primary N) is 1. The van der Waals surface area contributed by atoms with Crippen LogP contribution in [0.3, 0.4) is 0 Å². The Bertz CT molecular complexity index is 1190. The van der Waals surface area contributed by atoms with Crippen LogP contribution in [0, 0.1) is 11.8 Å². The van der Waals surface area contributed by atoms with E-state index in [-0.39, 0.29) is 0 Å². The number of rotatable bonds is 3. The fourth-order valence-electron chi connectivity index (χ4n) is 2.93. The Hall–Kier alpha value is -3.36. The number of H-pyrrole nitrogens is 1. The van der Waals surface area contributed by atoms with Gasteiger partial charge < -0.3 is 5.73 Å².